The quantitative estimate of drug-likeness (QED) is 0.256. The van der Waals surface area contributed by atoms with Crippen molar-refractivity contribution in [3.63, 3.8) is 0 Å². The van der Waals surface area contributed by atoms with Crippen LogP contribution in [0.3, 0.4) is 0 Å². The van der Waals surface area contributed by atoms with E-state index in [1.54, 1.807) is 12.4 Å². The van der Waals surface area contributed by atoms with Gasteiger partial charge in [-0.15, -0.1) is 0 Å². The molecule has 0 saturated carbocycles. The van der Waals surface area contributed by atoms with Gasteiger partial charge in [0.2, 0.25) is 0 Å². The first-order valence-electron chi connectivity index (χ1n) is 12.6. The Morgan fingerprint density at radius 1 is 0.605 bits per heavy atom. The molecule has 4 heterocycles. The summed E-state index contributed by atoms with van der Waals surface area (Å²) in [6.45, 7) is 0. The Balaban J connectivity index is 1.34. The fraction of sp³-hybridized carbons (Fsp3) is 0. The van der Waals surface area contributed by atoms with E-state index in [-0.39, 0.29) is 0 Å². The van der Waals surface area contributed by atoms with Crippen molar-refractivity contribution in [2.75, 3.05) is 0 Å². The number of hydrogen-bond acceptors (Lipinski definition) is 3. The van der Waals surface area contributed by atoms with Crippen LogP contribution in [0.15, 0.2) is 128 Å². The molecule has 8 aromatic rings. The highest BCUT2D eigenvalue weighted by molar-refractivity contribution is 6.20. The highest BCUT2D eigenvalue weighted by atomic mass is 15.0. The summed E-state index contributed by atoms with van der Waals surface area (Å²) < 4.78 is 4.65. The summed E-state index contributed by atoms with van der Waals surface area (Å²) in [4.78, 5) is 13.5. The highest BCUT2D eigenvalue weighted by Gasteiger charge is 2.17. The van der Waals surface area contributed by atoms with Gasteiger partial charge in [0.05, 0.1) is 22.1 Å². The topological polar surface area (TPSA) is 48.5 Å². The molecule has 38 heavy (non-hydrogen) atoms. The largest absolute Gasteiger partial charge is 0.316 e. The second-order valence-corrected chi connectivity index (χ2v) is 9.45. The summed E-state index contributed by atoms with van der Waals surface area (Å²) in [5.74, 6) is 0.708. The Hall–Kier alpha value is -5.29. The second-order valence-electron chi connectivity index (χ2n) is 9.45. The van der Waals surface area contributed by atoms with E-state index in [2.05, 4.69) is 122 Å². The molecule has 5 nitrogen and oxygen atoms in total. The first-order valence-corrected chi connectivity index (χ1v) is 12.6. The lowest BCUT2D eigenvalue weighted by Crippen LogP contribution is -1.95. The molecule has 5 heteroatoms. The van der Waals surface area contributed by atoms with E-state index in [0.29, 0.717) is 5.82 Å². The fourth-order valence-electron chi connectivity index (χ4n) is 5.54. The van der Waals surface area contributed by atoms with Crippen molar-refractivity contribution < 1.29 is 0 Å². The molecule has 0 radical (unpaired) electrons. The minimum absolute atomic E-state index is 0.708. The van der Waals surface area contributed by atoms with Gasteiger partial charge in [-0.1, -0.05) is 42.5 Å². The maximum Gasteiger partial charge on any atom is 0.159 e. The van der Waals surface area contributed by atoms with Crippen LogP contribution in [0.4, 0.5) is 0 Å². The van der Waals surface area contributed by atoms with E-state index in [1.807, 2.05) is 12.3 Å². The first kappa shape index (κ1) is 20.9. The van der Waals surface area contributed by atoms with Crippen molar-refractivity contribution in [3.8, 4) is 22.8 Å². The standard InChI is InChI=1S/C33H21N5/c1-2-6-25(7-3-1)37-19-17-22-12-15-30-31(32(22)37)27-8-4-5-9-29(27)38(30)26-13-10-23(11-14-26)33-35-21-24-20-34-18-16-28(24)36-33/h1-21H. The Morgan fingerprint density at radius 2 is 1.45 bits per heavy atom. The van der Waals surface area contributed by atoms with Crippen LogP contribution < -0.4 is 0 Å². The summed E-state index contributed by atoms with van der Waals surface area (Å²) in [6, 6.07) is 36.3. The number of pyridine rings is 1. The minimum Gasteiger partial charge on any atom is -0.316 e. The van der Waals surface area contributed by atoms with E-state index in [4.69, 9.17) is 4.98 Å². The van der Waals surface area contributed by atoms with Crippen LogP contribution in [0, 0.1) is 0 Å². The predicted octanol–water partition coefficient (Wildman–Crippen LogP) is 7.73. The number of hydrogen-bond donors (Lipinski definition) is 0. The van der Waals surface area contributed by atoms with Gasteiger partial charge in [-0.2, -0.15) is 0 Å². The van der Waals surface area contributed by atoms with Gasteiger partial charge < -0.3 is 9.13 Å². The molecular formula is C33H21N5. The third-order valence-electron chi connectivity index (χ3n) is 7.28. The maximum absolute atomic E-state index is 4.74. The maximum atomic E-state index is 4.74. The van der Waals surface area contributed by atoms with E-state index in [1.165, 1.54) is 32.7 Å². The lowest BCUT2D eigenvalue weighted by molar-refractivity contribution is 1.13. The van der Waals surface area contributed by atoms with Crippen molar-refractivity contribution in [1.29, 1.82) is 0 Å². The average Bonchev–Trinajstić information content (AvgIpc) is 3.57. The SMILES string of the molecule is c1ccc(-n2ccc3ccc4c(c5ccccc5n4-c4ccc(-c5ncc6cnccc6n5)cc4)c32)cc1. The van der Waals surface area contributed by atoms with Crippen LogP contribution in [0.25, 0.3) is 66.4 Å². The molecule has 4 aromatic heterocycles. The Morgan fingerprint density at radius 3 is 2.34 bits per heavy atom. The van der Waals surface area contributed by atoms with Crippen molar-refractivity contribution in [2.24, 2.45) is 0 Å². The molecule has 0 aliphatic heterocycles. The van der Waals surface area contributed by atoms with E-state index in [9.17, 15) is 0 Å². The molecule has 0 atom stereocenters. The van der Waals surface area contributed by atoms with Crippen molar-refractivity contribution in [2.45, 2.75) is 0 Å². The molecule has 0 spiro atoms. The minimum atomic E-state index is 0.708. The molecule has 0 N–H and O–H groups in total. The van der Waals surface area contributed by atoms with E-state index < -0.39 is 0 Å². The summed E-state index contributed by atoms with van der Waals surface area (Å²) in [5, 5.41) is 4.65. The predicted molar refractivity (Wildman–Crippen MR) is 154 cm³/mol. The molecule has 4 aromatic carbocycles. The lowest BCUT2D eigenvalue weighted by Gasteiger charge is -2.10. The molecule has 0 unspecified atom stereocenters. The molecule has 0 saturated heterocycles. The van der Waals surface area contributed by atoms with Gasteiger partial charge in [0.15, 0.2) is 5.82 Å². The van der Waals surface area contributed by atoms with Crippen molar-refractivity contribution >= 4 is 43.6 Å². The van der Waals surface area contributed by atoms with Crippen LogP contribution in [-0.2, 0) is 0 Å². The van der Waals surface area contributed by atoms with Gasteiger partial charge >= 0.3 is 0 Å². The highest BCUT2D eigenvalue weighted by Crippen LogP contribution is 2.38. The van der Waals surface area contributed by atoms with Crippen LogP contribution in [0.1, 0.15) is 0 Å². The van der Waals surface area contributed by atoms with Crippen LogP contribution >= 0.6 is 0 Å². The number of nitrogens with zero attached hydrogens (tertiary/aromatic N) is 5. The van der Waals surface area contributed by atoms with Crippen LogP contribution in [0.2, 0.25) is 0 Å². The molecule has 0 aliphatic rings. The van der Waals surface area contributed by atoms with Crippen molar-refractivity contribution in [1.82, 2.24) is 24.1 Å². The molecule has 8 rings (SSSR count). The normalized spacial score (nSPS) is 11.7. The summed E-state index contributed by atoms with van der Waals surface area (Å²) in [6.07, 6.45) is 7.55. The van der Waals surface area contributed by atoms with E-state index >= 15 is 0 Å². The summed E-state index contributed by atoms with van der Waals surface area (Å²) in [7, 11) is 0. The third kappa shape index (κ3) is 3.09. The second kappa shape index (κ2) is 8.11. The number of para-hydroxylation sites is 2. The van der Waals surface area contributed by atoms with Gasteiger partial charge in [-0.05, 0) is 60.7 Å². The molecule has 0 amide bonds. The number of rotatable bonds is 3. The average molecular weight is 488 g/mol. The molecule has 0 fully saturated rings. The zero-order valence-corrected chi connectivity index (χ0v) is 20.4. The van der Waals surface area contributed by atoms with E-state index in [0.717, 1.165) is 27.8 Å². The molecular weight excluding hydrogens is 466 g/mol. The lowest BCUT2D eigenvalue weighted by atomic mass is 10.1. The molecule has 0 bridgehead atoms. The van der Waals surface area contributed by atoms with Gasteiger partial charge in [0.1, 0.15) is 0 Å². The van der Waals surface area contributed by atoms with Gasteiger partial charge in [0, 0.05) is 63.3 Å². The summed E-state index contributed by atoms with van der Waals surface area (Å²) in [5.41, 5.74) is 7.70. The van der Waals surface area contributed by atoms with Crippen LogP contribution in [0.5, 0.6) is 0 Å². The summed E-state index contributed by atoms with van der Waals surface area (Å²) >= 11 is 0. The Bertz CT molecular complexity index is 2120. The smallest absolute Gasteiger partial charge is 0.159 e. The Kier molecular flexibility index (Phi) is 4.45. The number of benzene rings is 4. The molecule has 0 aliphatic carbocycles. The van der Waals surface area contributed by atoms with Gasteiger partial charge in [0.25, 0.3) is 0 Å². The number of fused-ring (bicyclic) bond motifs is 6. The fourth-order valence-corrected chi connectivity index (χ4v) is 5.54. The van der Waals surface area contributed by atoms with Crippen LogP contribution in [-0.4, -0.2) is 24.1 Å². The zero-order chi connectivity index (χ0) is 25.1. The monoisotopic (exact) mass is 487 g/mol. The van der Waals surface area contributed by atoms with Crippen molar-refractivity contribution in [3.05, 3.63) is 128 Å². The van der Waals surface area contributed by atoms with Gasteiger partial charge in [-0.25, -0.2) is 9.97 Å². The molecule has 178 valence electrons. The zero-order valence-electron chi connectivity index (χ0n) is 20.4. The number of aromatic nitrogens is 5. The Labute approximate surface area is 218 Å². The third-order valence-corrected chi connectivity index (χ3v) is 7.28. The van der Waals surface area contributed by atoms with Gasteiger partial charge in [-0.3, -0.25) is 4.98 Å². The first-order chi connectivity index (χ1) is 18.8.